The van der Waals surface area contributed by atoms with Gasteiger partial charge in [0.1, 0.15) is 11.5 Å². The van der Waals surface area contributed by atoms with Crippen molar-refractivity contribution in [3.05, 3.63) is 23.2 Å². The Balaban J connectivity index is 1.95. The second-order valence-electron chi connectivity index (χ2n) is 4.56. The summed E-state index contributed by atoms with van der Waals surface area (Å²) in [5, 5.41) is 9.73. The van der Waals surface area contributed by atoms with Gasteiger partial charge in [0.2, 0.25) is 0 Å². The third kappa shape index (κ3) is 3.52. The van der Waals surface area contributed by atoms with E-state index in [1.165, 1.54) is 6.08 Å². The van der Waals surface area contributed by atoms with Gasteiger partial charge in [-0.3, -0.25) is 0 Å². The van der Waals surface area contributed by atoms with Gasteiger partial charge in [0, 0.05) is 26.2 Å². The number of hydrogen-bond donors (Lipinski definition) is 1. The van der Waals surface area contributed by atoms with E-state index in [9.17, 15) is 9.59 Å². The lowest BCUT2D eigenvalue weighted by Gasteiger charge is -2.33. The molecule has 0 bridgehead atoms. The zero-order valence-corrected chi connectivity index (χ0v) is 12.6. The number of carboxylic acid groups (broad SMARTS) is 1. The van der Waals surface area contributed by atoms with Gasteiger partial charge in [0.05, 0.1) is 5.69 Å². The normalized spacial score (nSPS) is 14.9. The predicted octanol–water partition coefficient (Wildman–Crippen LogP) is 1.59. The van der Waals surface area contributed by atoms with Crippen LogP contribution in [-0.2, 0) is 4.74 Å². The molecular weight excluding hydrogens is 294 g/mol. The molecule has 1 aromatic heterocycles. The number of hydrogen-bond acceptors (Lipinski definition) is 6. The fourth-order valence-electron chi connectivity index (χ4n) is 2.02. The summed E-state index contributed by atoms with van der Waals surface area (Å²) in [6, 6.07) is 0. The fraction of sp³-hybridized carbons (Fsp3) is 0.462. The van der Waals surface area contributed by atoms with Crippen molar-refractivity contribution in [3.8, 4) is 0 Å². The molecule has 7 nitrogen and oxygen atoms in total. The highest BCUT2D eigenvalue weighted by atomic mass is 32.1. The van der Waals surface area contributed by atoms with Crippen LogP contribution in [0.1, 0.15) is 15.4 Å². The van der Waals surface area contributed by atoms with Crippen molar-refractivity contribution < 1.29 is 19.4 Å². The highest BCUT2D eigenvalue weighted by molar-refractivity contribution is 7.17. The van der Waals surface area contributed by atoms with Crippen LogP contribution in [0.15, 0.2) is 12.7 Å². The van der Waals surface area contributed by atoms with E-state index in [0.717, 1.165) is 11.3 Å². The van der Waals surface area contributed by atoms with Crippen LogP contribution in [0, 0.1) is 6.92 Å². The number of carbonyl (C=O) groups excluding carboxylic acids is 1. The Morgan fingerprint density at radius 2 is 2.10 bits per heavy atom. The molecule has 0 spiro atoms. The number of carbonyl (C=O) groups is 2. The monoisotopic (exact) mass is 311 g/mol. The molecule has 1 aliphatic heterocycles. The first-order valence-corrected chi connectivity index (χ1v) is 7.33. The minimum Gasteiger partial charge on any atom is -0.477 e. The molecule has 0 radical (unpaired) electrons. The Morgan fingerprint density at radius 3 is 2.62 bits per heavy atom. The van der Waals surface area contributed by atoms with Crippen LogP contribution in [0.4, 0.5) is 9.93 Å². The summed E-state index contributed by atoms with van der Waals surface area (Å²) < 4.78 is 4.99. The zero-order chi connectivity index (χ0) is 15.4. The van der Waals surface area contributed by atoms with E-state index in [1.807, 2.05) is 4.90 Å². The van der Waals surface area contributed by atoms with Gasteiger partial charge in [-0.15, -0.1) is 0 Å². The molecule has 2 heterocycles. The summed E-state index contributed by atoms with van der Waals surface area (Å²) in [7, 11) is 0. The summed E-state index contributed by atoms with van der Waals surface area (Å²) in [6.45, 7) is 7.65. The molecule has 1 N–H and O–H groups in total. The summed E-state index contributed by atoms with van der Waals surface area (Å²) in [5.74, 6) is -0.956. The first-order valence-electron chi connectivity index (χ1n) is 6.51. The van der Waals surface area contributed by atoms with E-state index in [4.69, 9.17) is 9.84 Å². The number of rotatable bonds is 4. The van der Waals surface area contributed by atoms with Crippen molar-refractivity contribution in [2.75, 3.05) is 37.7 Å². The van der Waals surface area contributed by atoms with E-state index in [-0.39, 0.29) is 17.6 Å². The SMILES string of the molecule is C=CCOC(=O)N1CCN(c2nc(C)c(C(=O)O)s2)CC1. The van der Waals surface area contributed by atoms with E-state index >= 15 is 0 Å². The van der Waals surface area contributed by atoms with E-state index in [0.29, 0.717) is 37.0 Å². The van der Waals surface area contributed by atoms with E-state index in [2.05, 4.69) is 11.6 Å². The molecule has 114 valence electrons. The second kappa shape index (κ2) is 6.57. The van der Waals surface area contributed by atoms with E-state index < -0.39 is 5.97 Å². The molecule has 0 aliphatic carbocycles. The molecule has 1 fully saturated rings. The lowest BCUT2D eigenvalue weighted by Crippen LogP contribution is -2.49. The maximum atomic E-state index is 11.7. The molecule has 0 unspecified atom stereocenters. The predicted molar refractivity (Wildman–Crippen MR) is 79.1 cm³/mol. The smallest absolute Gasteiger partial charge is 0.410 e. The van der Waals surface area contributed by atoms with Crippen LogP contribution in [0.25, 0.3) is 0 Å². The van der Waals surface area contributed by atoms with Crippen molar-refractivity contribution in [2.45, 2.75) is 6.92 Å². The highest BCUT2D eigenvalue weighted by Gasteiger charge is 2.25. The second-order valence-corrected chi connectivity index (χ2v) is 5.53. The number of piperazine rings is 1. The summed E-state index contributed by atoms with van der Waals surface area (Å²) in [6.07, 6.45) is 1.18. The number of aryl methyl sites for hydroxylation is 1. The molecule has 1 aromatic rings. The topological polar surface area (TPSA) is 83.0 Å². The molecule has 8 heteroatoms. The van der Waals surface area contributed by atoms with Crippen molar-refractivity contribution in [3.63, 3.8) is 0 Å². The number of anilines is 1. The molecule has 0 aromatic carbocycles. The Kier molecular flexibility index (Phi) is 4.79. The Bertz CT molecular complexity index is 550. The summed E-state index contributed by atoms with van der Waals surface area (Å²) in [4.78, 5) is 30.9. The van der Waals surface area contributed by atoms with Crippen molar-refractivity contribution >= 4 is 28.5 Å². The molecular formula is C13H17N3O4S. The van der Waals surface area contributed by atoms with Crippen molar-refractivity contribution in [1.29, 1.82) is 0 Å². The summed E-state index contributed by atoms with van der Waals surface area (Å²) in [5.41, 5.74) is 0.523. The first kappa shape index (κ1) is 15.3. The number of thiazole rings is 1. The molecule has 1 saturated heterocycles. The van der Waals surface area contributed by atoms with Crippen LogP contribution in [0.2, 0.25) is 0 Å². The number of aromatic carboxylic acids is 1. The van der Waals surface area contributed by atoms with Crippen LogP contribution in [0.3, 0.4) is 0 Å². The number of aromatic nitrogens is 1. The molecule has 1 amide bonds. The lowest BCUT2D eigenvalue weighted by atomic mass is 10.3. The van der Waals surface area contributed by atoms with Crippen molar-refractivity contribution in [1.82, 2.24) is 9.88 Å². The number of nitrogens with zero attached hydrogens (tertiary/aromatic N) is 3. The first-order chi connectivity index (χ1) is 10.0. The van der Waals surface area contributed by atoms with Gasteiger partial charge in [-0.25, -0.2) is 14.6 Å². The molecule has 0 saturated carbocycles. The molecule has 1 aliphatic rings. The molecule has 21 heavy (non-hydrogen) atoms. The Morgan fingerprint density at radius 1 is 1.43 bits per heavy atom. The largest absolute Gasteiger partial charge is 0.477 e. The minimum atomic E-state index is -0.956. The Labute approximate surface area is 126 Å². The van der Waals surface area contributed by atoms with Gasteiger partial charge >= 0.3 is 12.1 Å². The van der Waals surface area contributed by atoms with E-state index in [1.54, 1.807) is 11.8 Å². The van der Waals surface area contributed by atoms with Gasteiger partial charge in [-0.2, -0.15) is 0 Å². The third-order valence-corrected chi connectivity index (χ3v) is 4.32. The van der Waals surface area contributed by atoms with Gasteiger partial charge in [-0.1, -0.05) is 24.0 Å². The lowest BCUT2D eigenvalue weighted by molar-refractivity contribution is 0.0701. The number of carboxylic acids is 1. The molecule has 2 rings (SSSR count). The average molecular weight is 311 g/mol. The highest BCUT2D eigenvalue weighted by Crippen LogP contribution is 2.26. The number of ether oxygens (including phenoxy) is 1. The zero-order valence-electron chi connectivity index (χ0n) is 11.7. The van der Waals surface area contributed by atoms with Gasteiger partial charge in [-0.05, 0) is 6.92 Å². The molecule has 0 atom stereocenters. The van der Waals surface area contributed by atoms with Gasteiger partial charge in [0.15, 0.2) is 5.13 Å². The van der Waals surface area contributed by atoms with Crippen LogP contribution in [0.5, 0.6) is 0 Å². The third-order valence-electron chi connectivity index (χ3n) is 3.11. The van der Waals surface area contributed by atoms with Crippen LogP contribution >= 0.6 is 11.3 Å². The van der Waals surface area contributed by atoms with Crippen molar-refractivity contribution in [2.24, 2.45) is 0 Å². The maximum absolute atomic E-state index is 11.7. The van der Waals surface area contributed by atoms with Crippen LogP contribution in [-0.4, -0.2) is 59.8 Å². The standard InChI is InChI=1S/C13H17N3O4S/c1-3-8-20-13(19)16-6-4-15(5-7-16)12-14-9(2)10(21-12)11(17)18/h3H,1,4-8H2,2H3,(H,17,18). The fourth-order valence-corrected chi connectivity index (χ4v) is 2.98. The van der Waals surface area contributed by atoms with Gasteiger partial charge < -0.3 is 19.6 Å². The minimum absolute atomic E-state index is 0.201. The maximum Gasteiger partial charge on any atom is 0.410 e. The summed E-state index contributed by atoms with van der Waals surface area (Å²) >= 11 is 1.16. The Hall–Kier alpha value is -2.09. The van der Waals surface area contributed by atoms with Crippen LogP contribution < -0.4 is 4.90 Å². The average Bonchev–Trinajstić information content (AvgIpc) is 2.87. The van der Waals surface area contributed by atoms with Gasteiger partial charge in [0.25, 0.3) is 0 Å². The number of amides is 1. The quantitative estimate of drug-likeness (QED) is 0.850.